The number of rotatable bonds is 6. The number of carbonyl (C=O) groups excluding carboxylic acids is 2. The van der Waals surface area contributed by atoms with Gasteiger partial charge in [-0.3, -0.25) is 14.5 Å². The zero-order valence-electron chi connectivity index (χ0n) is 18.0. The lowest BCUT2D eigenvalue weighted by Gasteiger charge is -2.30. The first kappa shape index (κ1) is 21.4. The smallest absolute Gasteiger partial charge is 0.265 e. The van der Waals surface area contributed by atoms with E-state index in [1.807, 2.05) is 35.7 Å². The minimum absolute atomic E-state index is 0.0661. The molecule has 1 aliphatic heterocycles. The molecule has 4 aromatic rings. The molecule has 7 nitrogen and oxygen atoms in total. The Morgan fingerprint density at radius 2 is 1.82 bits per heavy atom. The van der Waals surface area contributed by atoms with E-state index in [2.05, 4.69) is 20.5 Å². The van der Waals surface area contributed by atoms with Crippen molar-refractivity contribution in [3.8, 4) is 0 Å². The largest absolute Gasteiger partial charge is 0.440 e. The molecule has 1 aliphatic rings. The Morgan fingerprint density at radius 1 is 1.03 bits per heavy atom. The predicted octanol–water partition coefficient (Wildman–Crippen LogP) is 4.96. The van der Waals surface area contributed by atoms with Gasteiger partial charge in [-0.2, -0.15) is 0 Å². The highest BCUT2D eigenvalue weighted by Gasteiger charge is 2.26. The van der Waals surface area contributed by atoms with E-state index in [1.165, 1.54) is 11.3 Å². The van der Waals surface area contributed by atoms with Crippen LogP contribution in [0.15, 0.2) is 70.5 Å². The molecule has 0 aliphatic carbocycles. The lowest BCUT2D eigenvalue weighted by Crippen LogP contribution is -2.39. The summed E-state index contributed by atoms with van der Waals surface area (Å²) in [6.07, 6.45) is 2.00. The quantitative estimate of drug-likeness (QED) is 0.425. The topological polar surface area (TPSA) is 87.5 Å². The van der Waals surface area contributed by atoms with Crippen molar-refractivity contribution in [1.29, 1.82) is 0 Å². The fraction of sp³-hybridized carbons (Fsp3) is 0.240. The number of likely N-dealkylation sites (tertiary alicyclic amines) is 1. The van der Waals surface area contributed by atoms with E-state index >= 15 is 0 Å². The Morgan fingerprint density at radius 3 is 2.58 bits per heavy atom. The van der Waals surface area contributed by atoms with E-state index in [1.54, 1.807) is 30.3 Å². The van der Waals surface area contributed by atoms with Gasteiger partial charge in [-0.05, 0) is 67.2 Å². The number of para-hydroxylation sites is 2. The van der Waals surface area contributed by atoms with Crippen molar-refractivity contribution in [2.45, 2.75) is 18.8 Å². The first-order valence-electron chi connectivity index (χ1n) is 11.0. The van der Waals surface area contributed by atoms with Gasteiger partial charge in [0.05, 0.1) is 11.4 Å². The number of fused-ring (bicyclic) bond motifs is 1. The van der Waals surface area contributed by atoms with E-state index in [0.717, 1.165) is 42.9 Å². The number of benzene rings is 2. The maximum atomic E-state index is 12.6. The average molecular weight is 461 g/mol. The van der Waals surface area contributed by atoms with Gasteiger partial charge in [-0.15, -0.1) is 11.3 Å². The van der Waals surface area contributed by atoms with Crippen molar-refractivity contribution in [1.82, 2.24) is 9.88 Å². The second-order valence-electron chi connectivity index (χ2n) is 8.15. The molecule has 8 heteroatoms. The maximum Gasteiger partial charge on any atom is 0.265 e. The average Bonchev–Trinajstić information content (AvgIpc) is 3.51. The van der Waals surface area contributed by atoms with Crippen molar-refractivity contribution in [3.63, 3.8) is 0 Å². The third kappa shape index (κ3) is 5.13. The fourth-order valence-corrected chi connectivity index (χ4v) is 4.73. The summed E-state index contributed by atoms with van der Waals surface area (Å²) in [5.41, 5.74) is 3.06. The highest BCUT2D eigenvalue weighted by molar-refractivity contribution is 7.12. The summed E-state index contributed by atoms with van der Waals surface area (Å²) >= 11 is 1.39. The summed E-state index contributed by atoms with van der Waals surface area (Å²) in [5.74, 6) is 0.732. The molecule has 2 amide bonds. The van der Waals surface area contributed by atoms with Gasteiger partial charge >= 0.3 is 0 Å². The van der Waals surface area contributed by atoms with Crippen LogP contribution < -0.4 is 10.6 Å². The first-order chi connectivity index (χ1) is 16.1. The molecule has 1 fully saturated rings. The van der Waals surface area contributed by atoms with E-state index in [9.17, 15) is 9.59 Å². The number of nitrogens with one attached hydrogen (secondary N) is 2. The molecule has 2 N–H and O–H groups in total. The number of aromatic nitrogens is 1. The zero-order chi connectivity index (χ0) is 22.6. The molecular weight excluding hydrogens is 436 g/mol. The van der Waals surface area contributed by atoms with E-state index in [4.69, 9.17) is 4.42 Å². The molecule has 0 spiro atoms. The van der Waals surface area contributed by atoms with E-state index < -0.39 is 0 Å². The molecule has 0 radical (unpaired) electrons. The summed E-state index contributed by atoms with van der Waals surface area (Å²) in [6.45, 7) is 1.93. The molecular formula is C25H24N4O3S. The number of hydrogen-bond acceptors (Lipinski definition) is 6. The molecule has 5 rings (SSSR count). The summed E-state index contributed by atoms with van der Waals surface area (Å²) < 4.78 is 5.95. The molecule has 1 unspecified atom stereocenters. The van der Waals surface area contributed by atoms with Crippen LogP contribution in [0.25, 0.3) is 11.1 Å². The van der Waals surface area contributed by atoms with E-state index in [0.29, 0.717) is 22.8 Å². The standard InChI is InChI=1S/C25H24N4O3S/c30-23(26-18-9-11-19(12-10-18)27-24(31)22-8-4-14-33-22)16-29-13-3-5-17(15-29)25-28-20-6-1-2-7-21(20)32-25/h1-2,4,6-12,14,17H,3,5,13,15-16H2,(H,26,30)(H,27,31). The number of amides is 2. The van der Waals surface area contributed by atoms with Crippen molar-refractivity contribution < 1.29 is 14.0 Å². The van der Waals surface area contributed by atoms with Gasteiger partial charge in [-0.25, -0.2) is 4.98 Å². The van der Waals surface area contributed by atoms with Gasteiger partial charge in [0.1, 0.15) is 5.52 Å². The third-order valence-electron chi connectivity index (χ3n) is 5.70. The highest BCUT2D eigenvalue weighted by atomic mass is 32.1. The summed E-state index contributed by atoms with van der Waals surface area (Å²) in [4.78, 5) is 32.2. The van der Waals surface area contributed by atoms with Crippen LogP contribution in [-0.2, 0) is 4.79 Å². The Hall–Kier alpha value is -3.49. The second kappa shape index (κ2) is 9.56. The monoisotopic (exact) mass is 460 g/mol. The number of carbonyl (C=O) groups is 2. The van der Waals surface area contributed by atoms with Crippen molar-refractivity contribution in [2.24, 2.45) is 0 Å². The predicted molar refractivity (Wildman–Crippen MR) is 130 cm³/mol. The van der Waals surface area contributed by atoms with Crippen LogP contribution in [0, 0.1) is 0 Å². The summed E-state index contributed by atoms with van der Waals surface area (Å²) in [5, 5.41) is 7.67. The third-order valence-corrected chi connectivity index (χ3v) is 6.57. The molecule has 1 saturated heterocycles. The van der Waals surface area contributed by atoms with E-state index in [-0.39, 0.29) is 17.7 Å². The van der Waals surface area contributed by atoms with Gasteiger partial charge < -0.3 is 15.1 Å². The number of oxazole rings is 1. The number of hydrogen-bond donors (Lipinski definition) is 2. The van der Waals surface area contributed by atoms with Crippen LogP contribution in [-0.4, -0.2) is 41.3 Å². The van der Waals surface area contributed by atoms with Crippen LogP contribution in [0.1, 0.15) is 34.3 Å². The normalized spacial score (nSPS) is 16.5. The SMILES string of the molecule is O=C(CN1CCCC(c2nc3ccccc3o2)C1)Nc1ccc(NC(=O)c2cccs2)cc1. The van der Waals surface area contributed by atoms with Crippen molar-refractivity contribution in [3.05, 3.63) is 76.8 Å². The summed E-state index contributed by atoms with van der Waals surface area (Å²) in [7, 11) is 0. The lowest BCUT2D eigenvalue weighted by atomic mass is 9.98. The highest BCUT2D eigenvalue weighted by Crippen LogP contribution is 2.29. The van der Waals surface area contributed by atoms with Crippen LogP contribution in [0.5, 0.6) is 0 Å². The van der Waals surface area contributed by atoms with Gasteiger partial charge in [0.15, 0.2) is 11.5 Å². The maximum absolute atomic E-state index is 12.6. The molecule has 1 atom stereocenters. The minimum Gasteiger partial charge on any atom is -0.440 e. The number of thiophene rings is 1. The van der Waals surface area contributed by atoms with Gasteiger partial charge in [0, 0.05) is 23.8 Å². The Bertz CT molecular complexity index is 1220. The minimum atomic E-state index is -0.139. The molecule has 2 aromatic heterocycles. The van der Waals surface area contributed by atoms with Crippen LogP contribution in [0.3, 0.4) is 0 Å². The first-order valence-corrected chi connectivity index (χ1v) is 11.8. The zero-order valence-corrected chi connectivity index (χ0v) is 18.8. The van der Waals surface area contributed by atoms with Crippen LogP contribution in [0.4, 0.5) is 11.4 Å². The Kier molecular flexibility index (Phi) is 6.19. The van der Waals surface area contributed by atoms with Gasteiger partial charge in [0.2, 0.25) is 5.91 Å². The van der Waals surface area contributed by atoms with Crippen molar-refractivity contribution >= 4 is 45.6 Å². The van der Waals surface area contributed by atoms with Crippen LogP contribution >= 0.6 is 11.3 Å². The van der Waals surface area contributed by atoms with Crippen LogP contribution in [0.2, 0.25) is 0 Å². The van der Waals surface area contributed by atoms with Crippen molar-refractivity contribution in [2.75, 3.05) is 30.3 Å². The number of anilines is 2. The van der Waals surface area contributed by atoms with Gasteiger partial charge in [-0.1, -0.05) is 18.2 Å². The fourth-order valence-electron chi connectivity index (χ4n) is 4.11. The molecule has 3 heterocycles. The number of piperidine rings is 1. The molecule has 0 bridgehead atoms. The molecule has 33 heavy (non-hydrogen) atoms. The second-order valence-corrected chi connectivity index (χ2v) is 9.10. The van der Waals surface area contributed by atoms with Gasteiger partial charge in [0.25, 0.3) is 5.91 Å². The molecule has 0 saturated carbocycles. The molecule has 168 valence electrons. The Balaban J connectivity index is 1.14. The number of nitrogens with zero attached hydrogens (tertiary/aromatic N) is 2. The summed E-state index contributed by atoms with van der Waals surface area (Å²) in [6, 6.07) is 18.6. The molecule has 2 aromatic carbocycles. The lowest BCUT2D eigenvalue weighted by molar-refractivity contribution is -0.117. The Labute approximate surface area is 195 Å².